The summed E-state index contributed by atoms with van der Waals surface area (Å²) >= 11 is 0. The number of benzene rings is 2. The first kappa shape index (κ1) is 23.3. The summed E-state index contributed by atoms with van der Waals surface area (Å²) in [4.78, 5) is 23.5. The van der Waals surface area contributed by atoms with Gasteiger partial charge in [0, 0.05) is 18.4 Å². The fourth-order valence-corrected chi connectivity index (χ4v) is 3.75. The molecule has 0 aromatic heterocycles. The number of allylic oxidation sites excluding steroid dienone is 1. The number of carboxylic acid groups (broad SMARTS) is 1. The van der Waals surface area contributed by atoms with Crippen molar-refractivity contribution in [2.24, 2.45) is 0 Å². The number of ether oxygens (including phenoxy) is 4. The molecule has 3 rings (SSSR count). The summed E-state index contributed by atoms with van der Waals surface area (Å²) in [5.41, 5.74) is 2.19. The Morgan fingerprint density at radius 3 is 2.69 bits per heavy atom. The number of hydrogen-bond acceptors (Lipinski definition) is 6. The molecule has 7 nitrogen and oxygen atoms in total. The summed E-state index contributed by atoms with van der Waals surface area (Å²) in [6.45, 7) is 5.94. The van der Waals surface area contributed by atoms with E-state index in [9.17, 15) is 14.7 Å². The summed E-state index contributed by atoms with van der Waals surface area (Å²) < 4.78 is 22.9. The topological polar surface area (TPSA) is 91.3 Å². The third-order valence-corrected chi connectivity index (χ3v) is 5.26. The number of Topliss-reactive ketones (excluding diaryl/α,β-unsaturated/α-hetero) is 1. The van der Waals surface area contributed by atoms with E-state index in [1.54, 1.807) is 24.3 Å². The number of methoxy groups -OCH3 is 1. The zero-order valence-corrected chi connectivity index (χ0v) is 18.3. The fraction of sp³-hybridized carbons (Fsp3) is 0.360. The van der Waals surface area contributed by atoms with E-state index < -0.39 is 18.2 Å². The molecule has 2 unspecified atom stereocenters. The number of hydrogen-bond donors (Lipinski definition) is 1. The zero-order chi connectivity index (χ0) is 23.1. The molecular formula is C25H28O7. The molecule has 7 heteroatoms. The Bertz CT molecular complexity index is 982. The van der Waals surface area contributed by atoms with Crippen LogP contribution in [0.2, 0.25) is 0 Å². The minimum Gasteiger partial charge on any atom is -0.496 e. The van der Waals surface area contributed by atoms with Crippen molar-refractivity contribution in [2.45, 2.75) is 38.4 Å². The van der Waals surface area contributed by atoms with Crippen molar-refractivity contribution in [3.63, 3.8) is 0 Å². The lowest BCUT2D eigenvalue weighted by Crippen LogP contribution is -2.45. The van der Waals surface area contributed by atoms with Gasteiger partial charge in [-0.15, -0.1) is 6.58 Å². The predicted octanol–water partition coefficient (Wildman–Crippen LogP) is 3.87. The number of fused-ring (bicyclic) bond motifs is 1. The molecule has 0 spiro atoms. The van der Waals surface area contributed by atoms with Crippen LogP contribution in [0.15, 0.2) is 49.1 Å². The lowest BCUT2D eigenvalue weighted by atomic mass is 9.99. The third kappa shape index (κ3) is 5.29. The molecule has 0 radical (unpaired) electrons. The molecular weight excluding hydrogens is 412 g/mol. The molecule has 170 valence electrons. The van der Waals surface area contributed by atoms with Gasteiger partial charge in [-0.25, -0.2) is 4.79 Å². The maximum absolute atomic E-state index is 11.9. The number of carbonyl (C=O) groups is 2. The van der Waals surface area contributed by atoms with Crippen LogP contribution in [0.3, 0.4) is 0 Å². The highest BCUT2D eigenvalue weighted by Gasteiger charge is 2.36. The molecule has 2 atom stereocenters. The fourth-order valence-electron chi connectivity index (χ4n) is 3.75. The van der Waals surface area contributed by atoms with Gasteiger partial charge in [-0.1, -0.05) is 24.3 Å². The number of aliphatic carboxylic acids is 1. The van der Waals surface area contributed by atoms with Gasteiger partial charge in [0.1, 0.15) is 23.4 Å². The summed E-state index contributed by atoms with van der Waals surface area (Å²) in [5.74, 6) is 0.559. The van der Waals surface area contributed by atoms with Gasteiger partial charge >= 0.3 is 5.97 Å². The Morgan fingerprint density at radius 2 is 2.00 bits per heavy atom. The third-order valence-electron chi connectivity index (χ3n) is 5.26. The monoisotopic (exact) mass is 440 g/mol. The number of carboxylic acids is 1. The Hall–Kier alpha value is -3.32. The molecule has 0 amide bonds. The minimum atomic E-state index is -1.05. The van der Waals surface area contributed by atoms with Crippen LogP contribution in [0.4, 0.5) is 0 Å². The molecule has 0 saturated heterocycles. The average molecular weight is 440 g/mol. The predicted molar refractivity (Wildman–Crippen MR) is 119 cm³/mol. The zero-order valence-electron chi connectivity index (χ0n) is 18.3. The highest BCUT2D eigenvalue weighted by atomic mass is 16.6. The van der Waals surface area contributed by atoms with Gasteiger partial charge in [0.25, 0.3) is 0 Å². The summed E-state index contributed by atoms with van der Waals surface area (Å²) in [6, 6.07) is 10.8. The largest absolute Gasteiger partial charge is 0.496 e. The minimum absolute atomic E-state index is 0.0867. The van der Waals surface area contributed by atoms with Gasteiger partial charge in [-0.2, -0.15) is 0 Å². The SMILES string of the molecule is C=CCc1c(OCCCOC2Cc3ccccc3OC2C(=O)O)ccc(C(C)=O)c1OC. The van der Waals surface area contributed by atoms with Crippen molar-refractivity contribution < 1.29 is 33.6 Å². The number of ketones is 1. The Kier molecular flexibility index (Phi) is 7.89. The Labute approximate surface area is 187 Å². The Morgan fingerprint density at radius 1 is 1.22 bits per heavy atom. The number of rotatable bonds is 11. The van der Waals surface area contributed by atoms with Crippen molar-refractivity contribution in [3.8, 4) is 17.2 Å². The first-order valence-electron chi connectivity index (χ1n) is 10.5. The lowest BCUT2D eigenvalue weighted by Gasteiger charge is -2.31. The van der Waals surface area contributed by atoms with Crippen molar-refractivity contribution >= 4 is 11.8 Å². The van der Waals surface area contributed by atoms with Gasteiger partial charge < -0.3 is 24.1 Å². The van der Waals surface area contributed by atoms with Crippen LogP contribution < -0.4 is 14.2 Å². The van der Waals surface area contributed by atoms with Gasteiger partial charge in [0.2, 0.25) is 6.10 Å². The maximum atomic E-state index is 11.9. The molecule has 32 heavy (non-hydrogen) atoms. The standard InChI is InChI=1S/C25H28O7/c1-4-8-19-21(12-11-18(16(2)26)23(19)29-3)30-13-7-14-31-22-15-17-9-5-6-10-20(17)32-24(22)25(27)28/h4-6,9-12,22,24H,1,7-8,13-15H2,2-3H3,(H,27,28). The first-order chi connectivity index (χ1) is 15.5. The molecule has 1 heterocycles. The molecule has 1 N–H and O–H groups in total. The van der Waals surface area contributed by atoms with E-state index in [-0.39, 0.29) is 5.78 Å². The van der Waals surface area contributed by atoms with Crippen molar-refractivity contribution in [3.05, 3.63) is 65.7 Å². The molecule has 0 aliphatic carbocycles. The van der Waals surface area contributed by atoms with Gasteiger partial charge in [-0.3, -0.25) is 4.79 Å². The first-order valence-corrected chi connectivity index (χ1v) is 10.5. The second-order valence-corrected chi connectivity index (χ2v) is 7.47. The lowest BCUT2D eigenvalue weighted by molar-refractivity contribution is -0.154. The summed E-state index contributed by atoms with van der Waals surface area (Å²) in [6.07, 6.45) is 1.62. The molecule has 2 aromatic carbocycles. The van der Waals surface area contributed by atoms with Gasteiger partial charge in [0.05, 0.1) is 25.9 Å². The second kappa shape index (κ2) is 10.8. The van der Waals surface area contributed by atoms with E-state index >= 15 is 0 Å². The van der Waals surface area contributed by atoms with Crippen molar-refractivity contribution in [2.75, 3.05) is 20.3 Å². The summed E-state index contributed by atoms with van der Waals surface area (Å²) in [5, 5.41) is 9.50. The Balaban J connectivity index is 1.59. The molecule has 2 aromatic rings. The number of para-hydroxylation sites is 1. The number of carbonyl (C=O) groups excluding carboxylic acids is 1. The second-order valence-electron chi connectivity index (χ2n) is 7.47. The van der Waals surface area contributed by atoms with Gasteiger partial charge in [-0.05, 0) is 37.1 Å². The van der Waals surface area contributed by atoms with E-state index in [1.807, 2.05) is 18.2 Å². The van der Waals surface area contributed by atoms with E-state index in [0.717, 1.165) is 11.1 Å². The average Bonchev–Trinajstić information content (AvgIpc) is 2.78. The van der Waals surface area contributed by atoms with Crippen LogP contribution in [-0.4, -0.2) is 49.4 Å². The van der Waals surface area contributed by atoms with Crippen LogP contribution in [0.5, 0.6) is 17.2 Å². The maximum Gasteiger partial charge on any atom is 0.347 e. The quantitative estimate of drug-likeness (QED) is 0.322. The highest BCUT2D eigenvalue weighted by molar-refractivity contribution is 5.97. The molecule has 1 aliphatic rings. The molecule has 0 bridgehead atoms. The van der Waals surface area contributed by atoms with Crippen LogP contribution in [0, 0.1) is 0 Å². The smallest absolute Gasteiger partial charge is 0.347 e. The molecule has 0 saturated carbocycles. The summed E-state index contributed by atoms with van der Waals surface area (Å²) in [7, 11) is 1.52. The normalized spacial score (nSPS) is 17.1. The van der Waals surface area contributed by atoms with Gasteiger partial charge in [0.15, 0.2) is 5.78 Å². The van der Waals surface area contributed by atoms with E-state index in [1.165, 1.54) is 14.0 Å². The van der Waals surface area contributed by atoms with Crippen LogP contribution in [0.25, 0.3) is 0 Å². The molecule has 1 aliphatic heterocycles. The van der Waals surface area contributed by atoms with Crippen LogP contribution >= 0.6 is 0 Å². The van der Waals surface area contributed by atoms with Crippen molar-refractivity contribution in [1.29, 1.82) is 0 Å². The highest BCUT2D eigenvalue weighted by Crippen LogP contribution is 2.34. The van der Waals surface area contributed by atoms with Crippen LogP contribution in [0.1, 0.15) is 34.8 Å². The van der Waals surface area contributed by atoms with Crippen LogP contribution in [-0.2, 0) is 22.4 Å². The van der Waals surface area contributed by atoms with E-state index in [4.69, 9.17) is 18.9 Å². The van der Waals surface area contributed by atoms with E-state index in [2.05, 4.69) is 6.58 Å². The van der Waals surface area contributed by atoms with Crippen molar-refractivity contribution in [1.82, 2.24) is 0 Å². The molecule has 0 fully saturated rings. The van der Waals surface area contributed by atoms with E-state index in [0.29, 0.717) is 55.3 Å².